The monoisotopic (exact) mass is 256 g/mol. The first-order chi connectivity index (χ1) is 6.54. The zero-order chi connectivity index (χ0) is 10.7. The van der Waals surface area contributed by atoms with Crippen molar-refractivity contribution in [2.24, 2.45) is 0 Å². The van der Waals surface area contributed by atoms with E-state index in [1.54, 1.807) is 13.0 Å². The van der Waals surface area contributed by atoms with Gasteiger partial charge in [-0.3, -0.25) is 4.79 Å². The zero-order valence-electron chi connectivity index (χ0n) is 7.58. The van der Waals surface area contributed by atoms with E-state index < -0.39 is 5.97 Å². The molecule has 0 atom stereocenters. The van der Waals surface area contributed by atoms with Crippen molar-refractivity contribution in [3.63, 3.8) is 0 Å². The number of ketones is 1. The Labute approximate surface area is 89.9 Å². The SMILES string of the molecule is CCC(=O)c1cc(Br)cc(C(=O)O)c1. The molecule has 0 aliphatic heterocycles. The van der Waals surface area contributed by atoms with Crippen LogP contribution in [0.1, 0.15) is 34.1 Å². The molecule has 0 saturated carbocycles. The predicted molar refractivity (Wildman–Crippen MR) is 55.7 cm³/mol. The van der Waals surface area contributed by atoms with Gasteiger partial charge in [0.1, 0.15) is 0 Å². The minimum Gasteiger partial charge on any atom is -0.478 e. The van der Waals surface area contributed by atoms with Gasteiger partial charge >= 0.3 is 5.97 Å². The molecule has 0 unspecified atom stereocenters. The van der Waals surface area contributed by atoms with Crippen LogP contribution in [0, 0.1) is 0 Å². The largest absolute Gasteiger partial charge is 0.478 e. The summed E-state index contributed by atoms with van der Waals surface area (Å²) in [5.41, 5.74) is 0.551. The standard InChI is InChI=1S/C10H9BrO3/c1-2-9(12)6-3-7(10(13)14)5-8(11)4-6/h3-5H,2H2,1H3,(H,13,14). The summed E-state index contributed by atoms with van der Waals surface area (Å²) >= 11 is 3.16. The third-order valence-electron chi connectivity index (χ3n) is 1.79. The molecule has 0 bridgehead atoms. The van der Waals surface area contributed by atoms with Crippen LogP contribution in [0.4, 0.5) is 0 Å². The second-order valence-corrected chi connectivity index (χ2v) is 3.73. The molecule has 0 amide bonds. The van der Waals surface area contributed by atoms with Crippen LogP contribution >= 0.6 is 15.9 Å². The van der Waals surface area contributed by atoms with Crippen molar-refractivity contribution in [2.75, 3.05) is 0 Å². The molecule has 0 aliphatic rings. The Morgan fingerprint density at radius 1 is 1.29 bits per heavy atom. The molecule has 1 aromatic carbocycles. The number of hydrogen-bond donors (Lipinski definition) is 1. The van der Waals surface area contributed by atoms with Crippen molar-refractivity contribution < 1.29 is 14.7 Å². The van der Waals surface area contributed by atoms with E-state index in [2.05, 4.69) is 15.9 Å². The second-order valence-electron chi connectivity index (χ2n) is 2.81. The van der Waals surface area contributed by atoms with E-state index in [0.29, 0.717) is 16.5 Å². The fourth-order valence-corrected chi connectivity index (χ4v) is 1.57. The fourth-order valence-electron chi connectivity index (χ4n) is 1.08. The van der Waals surface area contributed by atoms with Gasteiger partial charge in [0.05, 0.1) is 5.56 Å². The lowest BCUT2D eigenvalue weighted by Crippen LogP contribution is -2.02. The van der Waals surface area contributed by atoms with Gasteiger partial charge in [0, 0.05) is 16.5 Å². The first-order valence-electron chi connectivity index (χ1n) is 4.11. The molecule has 1 N–H and O–H groups in total. The predicted octanol–water partition coefficient (Wildman–Crippen LogP) is 2.74. The van der Waals surface area contributed by atoms with Gasteiger partial charge < -0.3 is 5.11 Å². The Bertz CT molecular complexity index is 385. The van der Waals surface area contributed by atoms with Crippen molar-refractivity contribution in [3.8, 4) is 0 Å². The van der Waals surface area contributed by atoms with E-state index >= 15 is 0 Å². The number of carboxylic acid groups (broad SMARTS) is 1. The highest BCUT2D eigenvalue weighted by molar-refractivity contribution is 9.10. The van der Waals surface area contributed by atoms with E-state index in [-0.39, 0.29) is 11.3 Å². The minimum absolute atomic E-state index is 0.0613. The van der Waals surface area contributed by atoms with Gasteiger partial charge in [-0.1, -0.05) is 22.9 Å². The number of rotatable bonds is 3. The third kappa shape index (κ3) is 2.42. The molecule has 14 heavy (non-hydrogen) atoms. The van der Waals surface area contributed by atoms with Gasteiger partial charge in [0.25, 0.3) is 0 Å². The van der Waals surface area contributed by atoms with E-state index in [4.69, 9.17) is 5.11 Å². The molecule has 0 fully saturated rings. The highest BCUT2D eigenvalue weighted by Gasteiger charge is 2.09. The van der Waals surface area contributed by atoms with Gasteiger partial charge in [-0.2, -0.15) is 0 Å². The molecule has 1 aromatic rings. The second kappa shape index (κ2) is 4.37. The van der Waals surface area contributed by atoms with Crippen LogP contribution in [0.15, 0.2) is 22.7 Å². The molecule has 3 nitrogen and oxygen atoms in total. The van der Waals surface area contributed by atoms with Gasteiger partial charge in [-0.25, -0.2) is 4.79 Å². The number of carbonyl (C=O) groups is 2. The molecule has 4 heteroatoms. The average molecular weight is 257 g/mol. The van der Waals surface area contributed by atoms with Crippen LogP contribution in [0.2, 0.25) is 0 Å². The molecule has 74 valence electrons. The number of Topliss-reactive ketones (excluding diaryl/α,β-unsaturated/α-hetero) is 1. The fraction of sp³-hybridized carbons (Fsp3) is 0.200. The number of carbonyl (C=O) groups excluding carboxylic acids is 1. The van der Waals surface area contributed by atoms with Crippen LogP contribution in [0.3, 0.4) is 0 Å². The van der Waals surface area contributed by atoms with E-state index in [0.717, 1.165) is 0 Å². The van der Waals surface area contributed by atoms with Crippen molar-refractivity contribution in [3.05, 3.63) is 33.8 Å². The molecule has 0 aromatic heterocycles. The summed E-state index contributed by atoms with van der Waals surface area (Å²) in [4.78, 5) is 22.0. The Kier molecular flexibility index (Phi) is 3.41. The van der Waals surface area contributed by atoms with Crippen molar-refractivity contribution in [2.45, 2.75) is 13.3 Å². The average Bonchev–Trinajstić information content (AvgIpc) is 2.15. The summed E-state index contributed by atoms with van der Waals surface area (Å²) in [7, 11) is 0. The van der Waals surface area contributed by atoms with E-state index in [9.17, 15) is 9.59 Å². The highest BCUT2D eigenvalue weighted by Crippen LogP contribution is 2.17. The molecule has 0 saturated heterocycles. The summed E-state index contributed by atoms with van der Waals surface area (Å²) in [6, 6.07) is 4.48. The first kappa shape index (κ1) is 10.9. The Morgan fingerprint density at radius 3 is 2.36 bits per heavy atom. The summed E-state index contributed by atoms with van der Waals surface area (Å²) in [6.45, 7) is 1.74. The topological polar surface area (TPSA) is 54.4 Å². The van der Waals surface area contributed by atoms with E-state index in [1.807, 2.05) is 0 Å². The van der Waals surface area contributed by atoms with Gasteiger partial charge in [-0.15, -0.1) is 0 Å². The van der Waals surface area contributed by atoms with Gasteiger partial charge in [0.15, 0.2) is 5.78 Å². The normalized spacial score (nSPS) is 9.86. The summed E-state index contributed by atoms with van der Waals surface area (Å²) < 4.78 is 0.606. The minimum atomic E-state index is -1.03. The molecule has 0 radical (unpaired) electrons. The van der Waals surface area contributed by atoms with Crippen LogP contribution in [0.5, 0.6) is 0 Å². The summed E-state index contributed by atoms with van der Waals surface area (Å²) in [5.74, 6) is -1.09. The quantitative estimate of drug-likeness (QED) is 0.847. The highest BCUT2D eigenvalue weighted by atomic mass is 79.9. The number of aromatic carboxylic acids is 1. The van der Waals surface area contributed by atoms with Crippen LogP contribution in [0.25, 0.3) is 0 Å². The van der Waals surface area contributed by atoms with Gasteiger partial charge in [0.2, 0.25) is 0 Å². The van der Waals surface area contributed by atoms with Crippen LogP contribution in [-0.2, 0) is 0 Å². The lowest BCUT2D eigenvalue weighted by Gasteiger charge is -2.01. The van der Waals surface area contributed by atoms with Gasteiger partial charge in [-0.05, 0) is 18.2 Å². The molecule has 0 aliphatic carbocycles. The molecular formula is C10H9BrO3. The first-order valence-corrected chi connectivity index (χ1v) is 4.91. The number of carboxylic acids is 1. The zero-order valence-corrected chi connectivity index (χ0v) is 9.17. The maximum Gasteiger partial charge on any atom is 0.335 e. The van der Waals surface area contributed by atoms with Crippen LogP contribution in [-0.4, -0.2) is 16.9 Å². The Hall–Kier alpha value is -1.16. The lowest BCUT2D eigenvalue weighted by atomic mass is 10.1. The number of hydrogen-bond acceptors (Lipinski definition) is 2. The lowest BCUT2D eigenvalue weighted by molar-refractivity contribution is 0.0697. The van der Waals surface area contributed by atoms with Crippen LogP contribution < -0.4 is 0 Å². The van der Waals surface area contributed by atoms with Crippen molar-refractivity contribution >= 4 is 27.7 Å². The molecular weight excluding hydrogens is 248 g/mol. The summed E-state index contributed by atoms with van der Waals surface area (Å²) in [5, 5.41) is 8.76. The molecule has 0 heterocycles. The van der Waals surface area contributed by atoms with E-state index in [1.165, 1.54) is 12.1 Å². The number of halogens is 1. The smallest absolute Gasteiger partial charge is 0.335 e. The summed E-state index contributed by atoms with van der Waals surface area (Å²) in [6.07, 6.45) is 0.371. The molecule has 1 rings (SSSR count). The Balaban J connectivity index is 3.20. The molecule has 0 spiro atoms. The third-order valence-corrected chi connectivity index (χ3v) is 2.25. The maximum atomic E-state index is 11.3. The Morgan fingerprint density at radius 2 is 1.86 bits per heavy atom. The van der Waals surface area contributed by atoms with Crippen molar-refractivity contribution in [1.82, 2.24) is 0 Å². The maximum absolute atomic E-state index is 11.3. The number of benzene rings is 1. The van der Waals surface area contributed by atoms with Crippen molar-refractivity contribution in [1.29, 1.82) is 0 Å².